The maximum absolute atomic E-state index is 13.8. The molecular weight excluding hydrogens is 406 g/mol. The Bertz CT molecular complexity index is 1140. The number of carbonyl (C=O) groups is 1. The van der Waals surface area contributed by atoms with Gasteiger partial charge >= 0.3 is 12.3 Å². The first-order chi connectivity index (χ1) is 13.1. The Balaban J connectivity index is 2.19. The third kappa shape index (κ3) is 3.94. The highest BCUT2D eigenvalue weighted by Crippen LogP contribution is 2.30. The Morgan fingerprint density at radius 1 is 1.21 bits per heavy atom. The number of hydrogen-bond acceptors (Lipinski definition) is 3. The minimum Gasteiger partial charge on any atom is -0.449 e. The van der Waals surface area contributed by atoms with Crippen LogP contribution >= 0.6 is 11.6 Å². The van der Waals surface area contributed by atoms with Crippen LogP contribution in [0.4, 0.5) is 22.4 Å². The summed E-state index contributed by atoms with van der Waals surface area (Å²) in [5.74, 6) is -1.53. The summed E-state index contributed by atoms with van der Waals surface area (Å²) in [5.41, 5.74) is -1.46. The number of nitrogens with zero attached hydrogens (tertiary/aromatic N) is 1. The lowest BCUT2D eigenvalue weighted by molar-refractivity contribution is -0.137. The van der Waals surface area contributed by atoms with Crippen LogP contribution in [0.5, 0.6) is 5.75 Å². The highest BCUT2D eigenvalue weighted by Gasteiger charge is 2.30. The standard InChI is InChI=1S/C18H10ClF4NO4/c19-12-6-14-11(5-13(12)20)16(25)15(28-17(26)27)8-24(14)7-9-2-1-3-10(4-9)18(21,22)23/h1-6,8H,7H2,(H,26,27). The summed E-state index contributed by atoms with van der Waals surface area (Å²) in [5, 5.41) is 8.24. The molecule has 28 heavy (non-hydrogen) atoms. The number of carboxylic acid groups (broad SMARTS) is 1. The van der Waals surface area contributed by atoms with Gasteiger partial charge in [0, 0.05) is 6.54 Å². The summed E-state index contributed by atoms with van der Waals surface area (Å²) in [7, 11) is 0. The first kappa shape index (κ1) is 19.7. The molecule has 0 bridgehead atoms. The van der Waals surface area contributed by atoms with E-state index >= 15 is 0 Å². The molecule has 146 valence electrons. The molecule has 3 rings (SSSR count). The molecule has 2 aromatic carbocycles. The molecule has 3 aromatic rings. The molecule has 10 heteroatoms. The topological polar surface area (TPSA) is 68.5 Å². The van der Waals surface area contributed by atoms with Gasteiger partial charge in [-0.05, 0) is 29.8 Å². The van der Waals surface area contributed by atoms with Crippen molar-refractivity contribution in [3.8, 4) is 5.75 Å². The maximum atomic E-state index is 13.8. The molecule has 0 radical (unpaired) electrons. The van der Waals surface area contributed by atoms with Crippen molar-refractivity contribution in [2.75, 3.05) is 0 Å². The fourth-order valence-corrected chi connectivity index (χ4v) is 2.86. The fraction of sp³-hybridized carbons (Fsp3) is 0.111. The predicted octanol–water partition coefficient (Wildman–Crippen LogP) is 4.92. The summed E-state index contributed by atoms with van der Waals surface area (Å²) in [4.78, 5) is 23.2. The second kappa shape index (κ2) is 7.16. The summed E-state index contributed by atoms with van der Waals surface area (Å²) in [6.07, 6.45) is -5.30. The van der Waals surface area contributed by atoms with Crippen LogP contribution in [0.1, 0.15) is 11.1 Å². The summed E-state index contributed by atoms with van der Waals surface area (Å²) in [6.45, 7) is -0.182. The lowest BCUT2D eigenvalue weighted by Crippen LogP contribution is -2.17. The third-order valence-corrected chi connectivity index (χ3v) is 4.18. The van der Waals surface area contributed by atoms with Gasteiger partial charge in [0.15, 0.2) is 5.75 Å². The monoisotopic (exact) mass is 415 g/mol. The molecule has 0 saturated carbocycles. The van der Waals surface area contributed by atoms with Crippen molar-refractivity contribution in [2.45, 2.75) is 12.7 Å². The lowest BCUT2D eigenvalue weighted by atomic mass is 10.1. The van der Waals surface area contributed by atoms with Gasteiger partial charge < -0.3 is 14.4 Å². The van der Waals surface area contributed by atoms with E-state index in [-0.39, 0.29) is 28.0 Å². The molecule has 0 aliphatic rings. The molecule has 1 N–H and O–H groups in total. The predicted molar refractivity (Wildman–Crippen MR) is 92.4 cm³/mol. The maximum Gasteiger partial charge on any atom is 0.511 e. The highest BCUT2D eigenvalue weighted by molar-refractivity contribution is 6.31. The van der Waals surface area contributed by atoms with E-state index in [9.17, 15) is 27.2 Å². The van der Waals surface area contributed by atoms with Crippen molar-refractivity contribution in [3.05, 3.63) is 74.8 Å². The number of hydrogen-bond donors (Lipinski definition) is 1. The molecule has 5 nitrogen and oxygen atoms in total. The van der Waals surface area contributed by atoms with Gasteiger partial charge in [0.1, 0.15) is 5.82 Å². The number of aromatic nitrogens is 1. The number of halogens is 5. The van der Waals surface area contributed by atoms with E-state index in [1.165, 1.54) is 16.7 Å². The zero-order valence-electron chi connectivity index (χ0n) is 13.8. The van der Waals surface area contributed by atoms with E-state index in [0.29, 0.717) is 0 Å². The number of ether oxygens (including phenoxy) is 1. The van der Waals surface area contributed by atoms with Crippen LogP contribution in [0.3, 0.4) is 0 Å². The normalized spacial score (nSPS) is 11.6. The van der Waals surface area contributed by atoms with Crippen molar-refractivity contribution in [2.24, 2.45) is 0 Å². The van der Waals surface area contributed by atoms with Gasteiger partial charge in [0.25, 0.3) is 0 Å². The molecule has 1 aromatic heterocycles. The van der Waals surface area contributed by atoms with Gasteiger partial charge in [-0.25, -0.2) is 9.18 Å². The Morgan fingerprint density at radius 2 is 1.93 bits per heavy atom. The smallest absolute Gasteiger partial charge is 0.449 e. The van der Waals surface area contributed by atoms with E-state index in [1.54, 1.807) is 0 Å². The van der Waals surface area contributed by atoms with Gasteiger partial charge in [-0.3, -0.25) is 4.79 Å². The fourth-order valence-electron chi connectivity index (χ4n) is 2.70. The average molecular weight is 416 g/mol. The Kier molecular flexibility index (Phi) is 5.03. The SMILES string of the molecule is O=C(O)Oc1cn(Cc2cccc(C(F)(F)F)c2)c2cc(Cl)c(F)cc2c1=O. The van der Waals surface area contributed by atoms with Crippen LogP contribution in [-0.4, -0.2) is 15.8 Å². The van der Waals surface area contributed by atoms with E-state index in [4.69, 9.17) is 16.7 Å². The molecule has 0 unspecified atom stereocenters. The second-order valence-corrected chi connectivity index (χ2v) is 6.21. The van der Waals surface area contributed by atoms with Crippen molar-refractivity contribution in [1.29, 1.82) is 0 Å². The third-order valence-electron chi connectivity index (χ3n) is 3.89. The average Bonchev–Trinajstić information content (AvgIpc) is 2.60. The van der Waals surface area contributed by atoms with Gasteiger partial charge in [-0.1, -0.05) is 23.7 Å². The first-order valence-electron chi connectivity index (χ1n) is 7.65. The van der Waals surface area contributed by atoms with Gasteiger partial charge in [0.2, 0.25) is 5.43 Å². The number of alkyl halides is 3. The van der Waals surface area contributed by atoms with E-state index in [0.717, 1.165) is 30.5 Å². The minimum atomic E-state index is -4.55. The van der Waals surface area contributed by atoms with Crippen LogP contribution in [0.15, 0.2) is 47.4 Å². The van der Waals surface area contributed by atoms with Gasteiger partial charge in [-0.15, -0.1) is 0 Å². The minimum absolute atomic E-state index is 0.103. The molecule has 0 aliphatic heterocycles. The Labute approximate surface area is 159 Å². The van der Waals surface area contributed by atoms with Crippen LogP contribution in [0.25, 0.3) is 10.9 Å². The zero-order valence-corrected chi connectivity index (χ0v) is 14.5. The van der Waals surface area contributed by atoms with Crippen molar-refractivity contribution < 1.29 is 32.2 Å². The number of benzene rings is 2. The zero-order chi connectivity index (χ0) is 20.6. The van der Waals surface area contributed by atoms with E-state index < -0.39 is 34.9 Å². The number of fused-ring (bicyclic) bond motifs is 1. The van der Waals surface area contributed by atoms with Gasteiger partial charge in [0.05, 0.1) is 27.7 Å². The quantitative estimate of drug-likeness (QED) is 0.487. The highest BCUT2D eigenvalue weighted by atomic mass is 35.5. The summed E-state index contributed by atoms with van der Waals surface area (Å²) >= 11 is 5.76. The van der Waals surface area contributed by atoms with Crippen molar-refractivity contribution in [1.82, 2.24) is 4.57 Å². The molecular formula is C18H10ClF4NO4. The molecule has 0 saturated heterocycles. The lowest BCUT2D eigenvalue weighted by Gasteiger charge is -2.15. The van der Waals surface area contributed by atoms with E-state index in [1.807, 2.05) is 0 Å². The second-order valence-electron chi connectivity index (χ2n) is 5.80. The Hall–Kier alpha value is -3.07. The molecule has 0 atom stereocenters. The van der Waals surface area contributed by atoms with Gasteiger partial charge in [-0.2, -0.15) is 13.2 Å². The Morgan fingerprint density at radius 3 is 2.57 bits per heavy atom. The molecule has 0 aliphatic carbocycles. The summed E-state index contributed by atoms with van der Waals surface area (Å²) < 4.78 is 58.3. The van der Waals surface area contributed by atoms with Crippen LogP contribution in [0.2, 0.25) is 5.02 Å². The largest absolute Gasteiger partial charge is 0.511 e. The first-order valence-corrected chi connectivity index (χ1v) is 8.03. The van der Waals surface area contributed by atoms with Crippen molar-refractivity contribution >= 4 is 28.7 Å². The number of rotatable bonds is 3. The molecule has 1 heterocycles. The molecule has 0 fully saturated rings. The molecule has 0 spiro atoms. The summed E-state index contributed by atoms with van der Waals surface area (Å²) in [6, 6.07) is 6.39. The molecule has 0 amide bonds. The van der Waals surface area contributed by atoms with Crippen LogP contribution < -0.4 is 10.2 Å². The van der Waals surface area contributed by atoms with Crippen molar-refractivity contribution in [3.63, 3.8) is 0 Å². The number of pyridine rings is 1. The van der Waals surface area contributed by atoms with E-state index in [2.05, 4.69) is 4.74 Å². The van der Waals surface area contributed by atoms with Crippen LogP contribution in [-0.2, 0) is 12.7 Å². The van der Waals surface area contributed by atoms with Crippen LogP contribution in [0, 0.1) is 5.82 Å².